The molecule has 7 N–H and O–H groups in total. The van der Waals surface area contributed by atoms with Crippen LogP contribution in [0.25, 0.3) is 0 Å². The lowest BCUT2D eigenvalue weighted by atomic mass is 10.1. The Morgan fingerprint density at radius 3 is 2.44 bits per heavy atom. The van der Waals surface area contributed by atoms with Crippen LogP contribution in [0.5, 0.6) is 0 Å². The minimum atomic E-state index is -0.757. The van der Waals surface area contributed by atoms with Crippen molar-refractivity contribution in [1.82, 2.24) is 10.6 Å². The molecule has 0 aliphatic carbocycles. The average molecular weight is 278 g/mol. The Morgan fingerprint density at radius 1 is 1.44 bits per heavy atom. The molecule has 0 unspecified atom stereocenters. The van der Waals surface area contributed by atoms with Crippen molar-refractivity contribution in [2.45, 2.75) is 25.8 Å². The molecule has 0 aromatic rings. The molecule has 0 radical (unpaired) electrons. The molecule has 0 aromatic heterocycles. The van der Waals surface area contributed by atoms with Crippen molar-refractivity contribution in [2.75, 3.05) is 6.54 Å². The molecular formula is C10H20ClN5O2. The number of halogens is 1. The molecule has 0 aromatic carbocycles. The highest BCUT2D eigenvalue weighted by Crippen LogP contribution is 1.95. The summed E-state index contributed by atoms with van der Waals surface area (Å²) in [6, 6.07) is -0.757. The maximum Gasteiger partial charge on any atom is 0.252 e. The number of carbonyl (C=O) groups excluding carboxylic acids is 2. The fourth-order valence-electron chi connectivity index (χ4n) is 0.987. The van der Waals surface area contributed by atoms with Crippen LogP contribution in [-0.2, 0) is 9.59 Å². The number of carbonyl (C=O) groups is 2. The highest BCUT2D eigenvalue weighted by atomic mass is 35.5. The molecule has 0 spiro atoms. The van der Waals surface area contributed by atoms with Crippen LogP contribution in [0.1, 0.15) is 19.8 Å². The summed E-state index contributed by atoms with van der Waals surface area (Å²) in [5.41, 5.74) is 10.9. The Hall–Kier alpha value is -1.60. The summed E-state index contributed by atoms with van der Waals surface area (Å²) >= 11 is 0. The average Bonchev–Trinajstić information content (AvgIpc) is 2.23. The van der Waals surface area contributed by atoms with Crippen molar-refractivity contribution in [3.8, 4) is 0 Å². The molecule has 0 aliphatic heterocycles. The standard InChI is InChI=1S/C10H19N5O2.ClH/c1-6(2)8(16)15-9(17)7(11)4-3-5-14-10(12)13;/h7H,1,3-5,11H2,2H3,(H4,12,13,14)(H,15,16,17);1H/t7-;/m0./s1. The van der Waals surface area contributed by atoms with Gasteiger partial charge < -0.3 is 16.8 Å². The fourth-order valence-corrected chi connectivity index (χ4v) is 0.987. The molecule has 0 heterocycles. The number of hydrogen-bond donors (Lipinski definition) is 5. The Bertz CT molecular complexity index is 332. The molecule has 0 saturated heterocycles. The van der Waals surface area contributed by atoms with Crippen LogP contribution in [0.15, 0.2) is 12.2 Å². The summed E-state index contributed by atoms with van der Waals surface area (Å²) in [6.07, 6.45) is 0.977. The summed E-state index contributed by atoms with van der Waals surface area (Å²) in [6.45, 7) is 5.38. The third-order valence-electron chi connectivity index (χ3n) is 1.97. The van der Waals surface area contributed by atoms with E-state index >= 15 is 0 Å². The van der Waals surface area contributed by atoms with Crippen LogP contribution < -0.4 is 22.1 Å². The third-order valence-corrected chi connectivity index (χ3v) is 1.97. The van der Waals surface area contributed by atoms with Crippen LogP contribution in [0, 0.1) is 5.41 Å². The third kappa shape index (κ3) is 8.54. The summed E-state index contributed by atoms with van der Waals surface area (Å²) in [5.74, 6) is -1.17. The number of rotatable bonds is 6. The zero-order valence-electron chi connectivity index (χ0n) is 10.3. The van der Waals surface area contributed by atoms with Crippen LogP contribution in [0.3, 0.4) is 0 Å². The van der Waals surface area contributed by atoms with Crippen LogP contribution >= 0.6 is 12.4 Å². The van der Waals surface area contributed by atoms with Crippen LogP contribution in [-0.4, -0.2) is 30.4 Å². The van der Waals surface area contributed by atoms with E-state index in [0.717, 1.165) is 0 Å². The first-order chi connectivity index (χ1) is 7.84. The first-order valence-electron chi connectivity index (χ1n) is 5.18. The lowest BCUT2D eigenvalue weighted by molar-refractivity contribution is -0.129. The van der Waals surface area contributed by atoms with E-state index in [1.165, 1.54) is 6.92 Å². The summed E-state index contributed by atoms with van der Waals surface area (Å²) in [7, 11) is 0. The number of nitrogens with one attached hydrogen (secondary N) is 3. The van der Waals surface area contributed by atoms with E-state index in [2.05, 4.69) is 17.2 Å². The normalized spacial score (nSPS) is 10.8. The van der Waals surface area contributed by atoms with E-state index in [9.17, 15) is 9.59 Å². The van der Waals surface area contributed by atoms with Gasteiger partial charge in [-0.1, -0.05) is 6.58 Å². The molecule has 1 atom stereocenters. The second-order valence-corrected chi connectivity index (χ2v) is 3.69. The quantitative estimate of drug-likeness (QED) is 0.188. The number of nitrogens with two attached hydrogens (primary N) is 2. The molecule has 0 rings (SSSR count). The fraction of sp³-hybridized carbons (Fsp3) is 0.500. The summed E-state index contributed by atoms with van der Waals surface area (Å²) in [4.78, 5) is 22.5. The van der Waals surface area contributed by atoms with Gasteiger partial charge in [0.1, 0.15) is 0 Å². The smallest absolute Gasteiger partial charge is 0.252 e. The van der Waals surface area contributed by atoms with Gasteiger partial charge in [-0.3, -0.25) is 20.3 Å². The molecular weight excluding hydrogens is 258 g/mol. The van der Waals surface area contributed by atoms with Crippen molar-refractivity contribution in [3.63, 3.8) is 0 Å². The first kappa shape index (κ1) is 18.8. The van der Waals surface area contributed by atoms with Crippen molar-refractivity contribution in [3.05, 3.63) is 12.2 Å². The lowest BCUT2D eigenvalue weighted by Crippen LogP contribution is -2.44. The highest BCUT2D eigenvalue weighted by molar-refractivity contribution is 6.04. The van der Waals surface area contributed by atoms with Gasteiger partial charge in [0, 0.05) is 12.1 Å². The molecule has 7 nitrogen and oxygen atoms in total. The number of guanidine groups is 1. The van der Waals surface area contributed by atoms with Gasteiger partial charge in [-0.25, -0.2) is 0 Å². The monoisotopic (exact) mass is 277 g/mol. The largest absolute Gasteiger partial charge is 0.370 e. The molecule has 18 heavy (non-hydrogen) atoms. The van der Waals surface area contributed by atoms with Gasteiger partial charge in [-0.2, -0.15) is 0 Å². The predicted octanol–water partition coefficient (Wildman–Crippen LogP) is -0.782. The zero-order valence-corrected chi connectivity index (χ0v) is 11.1. The SMILES string of the molecule is C=C(C)C(=O)NC(=O)[C@@H](N)CCCNC(=N)N.Cl. The molecule has 8 heteroatoms. The molecule has 0 saturated carbocycles. The van der Waals surface area contributed by atoms with Crippen LogP contribution in [0.4, 0.5) is 0 Å². The maximum absolute atomic E-state index is 11.4. The van der Waals surface area contributed by atoms with Crippen molar-refractivity contribution in [1.29, 1.82) is 5.41 Å². The molecule has 104 valence electrons. The minimum Gasteiger partial charge on any atom is -0.370 e. The minimum absolute atomic E-state index is 0. The van der Waals surface area contributed by atoms with Crippen molar-refractivity contribution in [2.24, 2.45) is 11.5 Å². The van der Waals surface area contributed by atoms with Gasteiger partial charge in [-0.05, 0) is 19.8 Å². The van der Waals surface area contributed by atoms with Gasteiger partial charge in [0.05, 0.1) is 6.04 Å². The second-order valence-electron chi connectivity index (χ2n) is 3.69. The Labute approximate surface area is 112 Å². The van der Waals surface area contributed by atoms with Crippen molar-refractivity contribution < 1.29 is 9.59 Å². The second kappa shape index (κ2) is 9.43. The van der Waals surface area contributed by atoms with E-state index in [1.807, 2.05) is 0 Å². The molecule has 0 fully saturated rings. The van der Waals surface area contributed by atoms with Crippen LogP contribution in [0.2, 0.25) is 0 Å². The summed E-state index contributed by atoms with van der Waals surface area (Å²) < 4.78 is 0. The van der Waals surface area contributed by atoms with Gasteiger partial charge in [0.2, 0.25) is 5.91 Å². The van der Waals surface area contributed by atoms with Gasteiger partial charge in [-0.15, -0.1) is 12.4 Å². The van der Waals surface area contributed by atoms with E-state index < -0.39 is 17.9 Å². The lowest BCUT2D eigenvalue weighted by Gasteiger charge is -2.11. The molecule has 2 amide bonds. The molecule has 0 bridgehead atoms. The number of amides is 2. The Balaban J connectivity index is 0. The van der Waals surface area contributed by atoms with Gasteiger partial charge >= 0.3 is 0 Å². The van der Waals surface area contributed by atoms with Gasteiger partial charge in [0.25, 0.3) is 5.91 Å². The van der Waals surface area contributed by atoms with E-state index in [1.54, 1.807) is 0 Å². The zero-order chi connectivity index (χ0) is 13.4. The van der Waals surface area contributed by atoms with E-state index in [4.69, 9.17) is 16.9 Å². The van der Waals surface area contributed by atoms with Gasteiger partial charge in [0.15, 0.2) is 5.96 Å². The first-order valence-corrected chi connectivity index (χ1v) is 5.18. The van der Waals surface area contributed by atoms with E-state index in [0.29, 0.717) is 19.4 Å². The topological polar surface area (TPSA) is 134 Å². The molecule has 0 aliphatic rings. The summed E-state index contributed by atoms with van der Waals surface area (Å²) in [5, 5.41) is 11.6. The Morgan fingerprint density at radius 2 is 2.00 bits per heavy atom. The number of imide groups is 1. The predicted molar refractivity (Wildman–Crippen MR) is 72.3 cm³/mol. The maximum atomic E-state index is 11.4. The number of hydrogen-bond acceptors (Lipinski definition) is 4. The Kier molecular flexibility index (Phi) is 9.83. The van der Waals surface area contributed by atoms with E-state index in [-0.39, 0.29) is 23.9 Å². The van der Waals surface area contributed by atoms with Crippen molar-refractivity contribution >= 4 is 30.2 Å². The highest BCUT2D eigenvalue weighted by Gasteiger charge is 2.15.